The summed E-state index contributed by atoms with van der Waals surface area (Å²) in [5, 5.41) is -0.182. The van der Waals surface area contributed by atoms with E-state index in [2.05, 4.69) is 35.2 Å². The van der Waals surface area contributed by atoms with Gasteiger partial charge in [0.1, 0.15) is 0 Å². The molecule has 0 unspecified atom stereocenters. The van der Waals surface area contributed by atoms with Crippen molar-refractivity contribution >= 4 is 40.3 Å². The molecule has 1 rings (SSSR count). The lowest BCUT2D eigenvalue weighted by molar-refractivity contribution is 0.109. The number of benzene rings is 1. The molecule has 10 heavy (non-hydrogen) atoms. The van der Waals surface area contributed by atoms with Crippen molar-refractivity contribution in [3.05, 3.63) is 33.4 Å². The lowest BCUT2D eigenvalue weighted by atomic mass is 10.2. The van der Waals surface area contributed by atoms with Crippen LogP contribution in [0, 0.1) is 3.57 Å². The maximum absolute atomic E-state index is 10.7. The van der Waals surface area contributed by atoms with Crippen molar-refractivity contribution < 1.29 is 4.79 Å². The Kier molecular flexibility index (Phi) is 2.73. The maximum atomic E-state index is 10.7. The highest BCUT2D eigenvalue weighted by Crippen LogP contribution is 2.09. The van der Waals surface area contributed by atoms with E-state index in [4.69, 9.17) is 0 Å². The Hall–Kier alpha value is -0.0300. The number of hydrogen-bond donors (Lipinski definition) is 1. The van der Waals surface area contributed by atoms with Gasteiger partial charge < -0.3 is 0 Å². The van der Waals surface area contributed by atoms with Gasteiger partial charge in [-0.2, -0.15) is 0 Å². The molecule has 0 aliphatic heterocycles. The Labute approximate surface area is 78.4 Å². The van der Waals surface area contributed by atoms with Gasteiger partial charge in [-0.3, -0.25) is 4.79 Å². The fourth-order valence-corrected chi connectivity index (χ4v) is 1.30. The fourth-order valence-electron chi connectivity index (χ4n) is 0.622. The Morgan fingerprint density at radius 1 is 1.50 bits per heavy atom. The zero-order valence-corrected chi connectivity index (χ0v) is 8.09. The summed E-state index contributed by atoms with van der Waals surface area (Å²) in [4.78, 5) is 10.7. The minimum absolute atomic E-state index is 0.182. The van der Waals surface area contributed by atoms with Crippen molar-refractivity contribution in [2.45, 2.75) is 0 Å². The van der Waals surface area contributed by atoms with Gasteiger partial charge in [-0.05, 0) is 34.7 Å². The van der Waals surface area contributed by atoms with Gasteiger partial charge >= 0.3 is 0 Å². The highest BCUT2D eigenvalue weighted by Gasteiger charge is 1.97. The minimum Gasteiger partial charge on any atom is -0.282 e. The number of hydrogen-bond acceptors (Lipinski definition) is 1. The molecule has 52 valence electrons. The van der Waals surface area contributed by atoms with E-state index in [1.54, 1.807) is 12.1 Å². The van der Waals surface area contributed by atoms with Gasteiger partial charge in [0.15, 0.2) is 0 Å². The topological polar surface area (TPSA) is 17.1 Å². The van der Waals surface area contributed by atoms with Gasteiger partial charge in [-0.15, -0.1) is 12.6 Å². The third kappa shape index (κ3) is 1.98. The summed E-state index contributed by atoms with van der Waals surface area (Å²) in [5.41, 5.74) is 0.648. The molecule has 0 N–H and O–H groups in total. The standard InChI is InChI=1S/C7H5IOS/c8-6-3-1-2-5(4-6)7(9)10/h1-4H,(H,9,10). The Balaban J connectivity index is 3.07. The van der Waals surface area contributed by atoms with E-state index in [0.29, 0.717) is 5.56 Å². The van der Waals surface area contributed by atoms with Crippen LogP contribution in [0.1, 0.15) is 10.4 Å². The summed E-state index contributed by atoms with van der Waals surface area (Å²) in [6, 6.07) is 7.32. The second kappa shape index (κ2) is 3.39. The van der Waals surface area contributed by atoms with Crippen LogP contribution in [-0.4, -0.2) is 5.12 Å². The number of halogens is 1. The molecule has 0 saturated heterocycles. The summed E-state index contributed by atoms with van der Waals surface area (Å²) < 4.78 is 1.05. The molecule has 0 saturated carbocycles. The minimum atomic E-state index is -0.182. The van der Waals surface area contributed by atoms with Crippen LogP contribution in [0.5, 0.6) is 0 Å². The van der Waals surface area contributed by atoms with Crippen LogP contribution in [0.15, 0.2) is 24.3 Å². The molecule has 0 radical (unpaired) electrons. The molecular formula is C7H5IOS. The van der Waals surface area contributed by atoms with Crippen molar-refractivity contribution in [1.29, 1.82) is 0 Å². The molecule has 0 fully saturated rings. The lowest BCUT2D eigenvalue weighted by Gasteiger charge is -1.92. The number of thiol groups is 1. The van der Waals surface area contributed by atoms with Gasteiger partial charge in [-0.1, -0.05) is 12.1 Å². The first-order valence-corrected chi connectivity index (χ1v) is 4.21. The third-order valence-corrected chi connectivity index (χ3v) is 2.00. The average Bonchev–Trinajstić information content (AvgIpc) is 1.88. The maximum Gasteiger partial charge on any atom is 0.216 e. The molecule has 0 spiro atoms. The van der Waals surface area contributed by atoms with E-state index in [1.165, 1.54) is 0 Å². The Bertz CT molecular complexity index is 260. The lowest BCUT2D eigenvalue weighted by Crippen LogP contribution is -1.87. The second-order valence-electron chi connectivity index (χ2n) is 1.82. The van der Waals surface area contributed by atoms with E-state index in [-0.39, 0.29) is 5.12 Å². The Morgan fingerprint density at radius 3 is 2.60 bits per heavy atom. The van der Waals surface area contributed by atoms with Crippen molar-refractivity contribution in [3.8, 4) is 0 Å². The molecule has 0 bridgehead atoms. The molecule has 0 aliphatic rings. The molecule has 3 heteroatoms. The first kappa shape index (κ1) is 8.07. The quantitative estimate of drug-likeness (QED) is 0.608. The van der Waals surface area contributed by atoms with E-state index >= 15 is 0 Å². The molecule has 0 heterocycles. The molecule has 0 atom stereocenters. The van der Waals surface area contributed by atoms with Crippen molar-refractivity contribution in [1.82, 2.24) is 0 Å². The summed E-state index contributed by atoms with van der Waals surface area (Å²) in [5.74, 6) is 0. The first-order valence-electron chi connectivity index (χ1n) is 2.69. The largest absolute Gasteiger partial charge is 0.282 e. The van der Waals surface area contributed by atoms with E-state index in [9.17, 15) is 4.79 Å². The zero-order valence-electron chi connectivity index (χ0n) is 5.04. The normalized spacial score (nSPS) is 9.40. The second-order valence-corrected chi connectivity index (χ2v) is 3.47. The summed E-state index contributed by atoms with van der Waals surface area (Å²) >= 11 is 5.85. The molecule has 0 aromatic heterocycles. The highest BCUT2D eigenvalue weighted by atomic mass is 127. The molecule has 1 aromatic carbocycles. The van der Waals surface area contributed by atoms with E-state index in [0.717, 1.165) is 3.57 Å². The molecule has 1 nitrogen and oxygen atoms in total. The summed E-state index contributed by atoms with van der Waals surface area (Å²) in [7, 11) is 0. The van der Waals surface area contributed by atoms with Crippen LogP contribution < -0.4 is 0 Å². The zero-order chi connectivity index (χ0) is 7.56. The van der Waals surface area contributed by atoms with Crippen molar-refractivity contribution in [2.24, 2.45) is 0 Å². The van der Waals surface area contributed by atoms with E-state index in [1.807, 2.05) is 12.1 Å². The number of carbonyl (C=O) groups excluding carboxylic acids is 1. The van der Waals surface area contributed by atoms with Crippen LogP contribution >= 0.6 is 35.2 Å². The third-order valence-electron chi connectivity index (χ3n) is 1.07. The van der Waals surface area contributed by atoms with Crippen LogP contribution in [0.4, 0.5) is 0 Å². The predicted octanol–water partition coefficient (Wildman–Crippen LogP) is 2.36. The molecular weight excluding hydrogens is 259 g/mol. The molecule has 0 amide bonds. The Morgan fingerprint density at radius 2 is 2.20 bits per heavy atom. The van der Waals surface area contributed by atoms with Gasteiger partial charge in [0.05, 0.1) is 0 Å². The van der Waals surface area contributed by atoms with Gasteiger partial charge in [0.25, 0.3) is 0 Å². The highest BCUT2D eigenvalue weighted by molar-refractivity contribution is 14.1. The average molecular weight is 264 g/mol. The van der Waals surface area contributed by atoms with Crippen molar-refractivity contribution in [2.75, 3.05) is 0 Å². The first-order chi connectivity index (χ1) is 4.70. The number of rotatable bonds is 1. The van der Waals surface area contributed by atoms with E-state index < -0.39 is 0 Å². The SMILES string of the molecule is O=C(S)c1cccc(I)c1. The van der Waals surface area contributed by atoms with Crippen LogP contribution in [0.3, 0.4) is 0 Å². The molecule has 0 aliphatic carbocycles. The fraction of sp³-hybridized carbons (Fsp3) is 0. The van der Waals surface area contributed by atoms with Gasteiger partial charge in [0.2, 0.25) is 5.12 Å². The summed E-state index contributed by atoms with van der Waals surface area (Å²) in [6.07, 6.45) is 0. The van der Waals surface area contributed by atoms with Crippen LogP contribution in [-0.2, 0) is 0 Å². The molecule has 1 aromatic rings. The van der Waals surface area contributed by atoms with Crippen LogP contribution in [0.25, 0.3) is 0 Å². The number of carbonyl (C=O) groups is 1. The van der Waals surface area contributed by atoms with Crippen molar-refractivity contribution in [3.63, 3.8) is 0 Å². The smallest absolute Gasteiger partial charge is 0.216 e. The predicted molar refractivity (Wildman–Crippen MR) is 52.5 cm³/mol. The van der Waals surface area contributed by atoms with Crippen LogP contribution in [0.2, 0.25) is 0 Å². The van der Waals surface area contributed by atoms with Gasteiger partial charge in [-0.25, -0.2) is 0 Å². The summed E-state index contributed by atoms with van der Waals surface area (Å²) in [6.45, 7) is 0. The monoisotopic (exact) mass is 264 g/mol. The van der Waals surface area contributed by atoms with Gasteiger partial charge in [0, 0.05) is 9.13 Å².